The summed E-state index contributed by atoms with van der Waals surface area (Å²) in [4.78, 5) is 39.1. The maximum atomic E-state index is 12.8. The fourth-order valence-electron chi connectivity index (χ4n) is 3.12. The lowest BCUT2D eigenvalue weighted by Crippen LogP contribution is -2.32. The van der Waals surface area contributed by atoms with Gasteiger partial charge in [0, 0.05) is 29.2 Å². The molecule has 1 saturated heterocycles. The van der Waals surface area contributed by atoms with E-state index in [4.69, 9.17) is 0 Å². The van der Waals surface area contributed by atoms with E-state index in [-0.39, 0.29) is 30.2 Å². The minimum atomic E-state index is -0.475. The van der Waals surface area contributed by atoms with Gasteiger partial charge in [0.1, 0.15) is 0 Å². The van der Waals surface area contributed by atoms with Crippen LogP contribution in [0.5, 0.6) is 0 Å². The van der Waals surface area contributed by atoms with E-state index in [0.29, 0.717) is 17.8 Å². The first-order chi connectivity index (χ1) is 13.3. The summed E-state index contributed by atoms with van der Waals surface area (Å²) in [5, 5.41) is 5.65. The van der Waals surface area contributed by atoms with E-state index >= 15 is 0 Å². The van der Waals surface area contributed by atoms with Crippen LogP contribution >= 0.6 is 15.9 Å². The summed E-state index contributed by atoms with van der Waals surface area (Å²) in [6.07, 6.45) is 0.141. The van der Waals surface area contributed by atoms with Gasteiger partial charge in [-0.15, -0.1) is 0 Å². The predicted molar refractivity (Wildman–Crippen MR) is 112 cm³/mol. The first-order valence-corrected chi connectivity index (χ1v) is 9.91. The van der Waals surface area contributed by atoms with E-state index in [0.717, 1.165) is 10.2 Å². The van der Waals surface area contributed by atoms with Crippen LogP contribution in [0.3, 0.4) is 0 Å². The zero-order valence-electron chi connectivity index (χ0n) is 15.7. The standard InChI is InChI=1S/C21H22BrN3O3/c1-13(2)23-21(28)17-5-3-4-6-18(17)24-20(27)14-11-19(26)25(12-14)16-9-7-15(22)8-10-16/h3-10,13-14H,11-12H2,1-2H3,(H,23,28)(H,24,27)/t14-/m0/s1. The molecule has 1 heterocycles. The lowest BCUT2D eigenvalue weighted by molar-refractivity contribution is -0.122. The van der Waals surface area contributed by atoms with Crippen molar-refractivity contribution in [2.24, 2.45) is 5.92 Å². The summed E-state index contributed by atoms with van der Waals surface area (Å²) in [7, 11) is 0. The van der Waals surface area contributed by atoms with Gasteiger partial charge in [-0.2, -0.15) is 0 Å². The number of anilines is 2. The number of carbonyl (C=O) groups is 3. The van der Waals surface area contributed by atoms with Crippen LogP contribution in [-0.4, -0.2) is 30.3 Å². The van der Waals surface area contributed by atoms with E-state index in [2.05, 4.69) is 26.6 Å². The Balaban J connectivity index is 1.71. The van der Waals surface area contributed by atoms with E-state index in [1.54, 1.807) is 29.2 Å². The third-order valence-corrected chi connectivity index (χ3v) is 5.01. The van der Waals surface area contributed by atoms with Crippen LogP contribution in [0.15, 0.2) is 53.0 Å². The molecule has 146 valence electrons. The SMILES string of the molecule is CC(C)NC(=O)c1ccccc1NC(=O)[C@H]1CC(=O)N(c2ccc(Br)cc2)C1. The summed E-state index contributed by atoms with van der Waals surface area (Å²) < 4.78 is 0.925. The highest BCUT2D eigenvalue weighted by Crippen LogP contribution is 2.27. The molecule has 0 radical (unpaired) electrons. The molecular weight excluding hydrogens is 422 g/mol. The fourth-order valence-corrected chi connectivity index (χ4v) is 3.38. The molecule has 1 aliphatic rings. The molecule has 0 aromatic heterocycles. The van der Waals surface area contributed by atoms with Crippen molar-refractivity contribution in [3.63, 3.8) is 0 Å². The number of amides is 3. The van der Waals surface area contributed by atoms with Gasteiger partial charge >= 0.3 is 0 Å². The molecular formula is C21H22BrN3O3. The Morgan fingerprint density at radius 1 is 1.11 bits per heavy atom. The predicted octanol–water partition coefficient (Wildman–Crippen LogP) is 3.58. The van der Waals surface area contributed by atoms with E-state index < -0.39 is 5.92 Å². The highest BCUT2D eigenvalue weighted by atomic mass is 79.9. The maximum absolute atomic E-state index is 12.8. The first kappa shape index (κ1) is 20.1. The Kier molecular flexibility index (Phi) is 6.14. The number of hydrogen-bond donors (Lipinski definition) is 2. The van der Waals surface area contributed by atoms with Crippen LogP contribution in [-0.2, 0) is 9.59 Å². The van der Waals surface area contributed by atoms with Crippen LogP contribution < -0.4 is 15.5 Å². The van der Waals surface area contributed by atoms with Crippen molar-refractivity contribution in [3.05, 3.63) is 58.6 Å². The maximum Gasteiger partial charge on any atom is 0.253 e. The summed E-state index contributed by atoms with van der Waals surface area (Å²) in [5.41, 5.74) is 1.61. The molecule has 0 bridgehead atoms. The van der Waals surface area contributed by atoms with Gasteiger partial charge in [0.25, 0.3) is 5.91 Å². The van der Waals surface area contributed by atoms with Gasteiger partial charge in [-0.3, -0.25) is 14.4 Å². The van der Waals surface area contributed by atoms with Crippen LogP contribution in [0.2, 0.25) is 0 Å². The summed E-state index contributed by atoms with van der Waals surface area (Å²) in [6, 6.07) is 14.3. The number of carbonyl (C=O) groups excluding carboxylic acids is 3. The van der Waals surface area contributed by atoms with Crippen molar-refractivity contribution in [1.29, 1.82) is 0 Å². The number of halogens is 1. The molecule has 0 spiro atoms. The van der Waals surface area contributed by atoms with Crippen LogP contribution in [0.25, 0.3) is 0 Å². The number of rotatable bonds is 5. The number of para-hydroxylation sites is 1. The molecule has 2 N–H and O–H groups in total. The molecule has 28 heavy (non-hydrogen) atoms. The minimum absolute atomic E-state index is 0.0109. The van der Waals surface area contributed by atoms with E-state index in [9.17, 15) is 14.4 Å². The molecule has 2 aromatic carbocycles. The topological polar surface area (TPSA) is 78.5 Å². The van der Waals surface area contributed by atoms with Gasteiger partial charge in [0.05, 0.1) is 17.2 Å². The van der Waals surface area contributed by atoms with Crippen molar-refractivity contribution in [3.8, 4) is 0 Å². The zero-order valence-corrected chi connectivity index (χ0v) is 17.3. The monoisotopic (exact) mass is 443 g/mol. The largest absolute Gasteiger partial charge is 0.350 e. The average Bonchev–Trinajstić information content (AvgIpc) is 3.04. The Labute approximate surface area is 172 Å². The van der Waals surface area contributed by atoms with Crippen LogP contribution in [0, 0.1) is 5.92 Å². The number of nitrogens with one attached hydrogen (secondary N) is 2. The normalized spacial score (nSPS) is 16.4. The Morgan fingerprint density at radius 2 is 1.79 bits per heavy atom. The van der Waals surface area contributed by atoms with Gasteiger partial charge in [0.15, 0.2) is 0 Å². The molecule has 2 aromatic rings. The lowest BCUT2D eigenvalue weighted by Gasteiger charge is -2.17. The minimum Gasteiger partial charge on any atom is -0.350 e. The lowest BCUT2D eigenvalue weighted by atomic mass is 10.1. The molecule has 6 nitrogen and oxygen atoms in total. The summed E-state index contributed by atoms with van der Waals surface area (Å²) in [5.74, 6) is -1.08. The highest BCUT2D eigenvalue weighted by Gasteiger charge is 2.35. The third-order valence-electron chi connectivity index (χ3n) is 4.48. The fraction of sp³-hybridized carbons (Fsp3) is 0.286. The third kappa shape index (κ3) is 4.59. The van der Waals surface area contributed by atoms with E-state index in [1.165, 1.54) is 0 Å². The Hall–Kier alpha value is -2.67. The van der Waals surface area contributed by atoms with Gasteiger partial charge < -0.3 is 15.5 Å². The zero-order chi connectivity index (χ0) is 20.3. The van der Waals surface area contributed by atoms with Crippen LogP contribution in [0.1, 0.15) is 30.6 Å². The van der Waals surface area contributed by atoms with Crippen molar-refractivity contribution in [2.45, 2.75) is 26.3 Å². The molecule has 1 aliphatic heterocycles. The molecule has 0 unspecified atom stereocenters. The van der Waals surface area contributed by atoms with Crippen molar-refractivity contribution >= 4 is 45.0 Å². The molecule has 1 atom stereocenters. The second kappa shape index (κ2) is 8.56. The highest BCUT2D eigenvalue weighted by molar-refractivity contribution is 9.10. The second-order valence-corrected chi connectivity index (χ2v) is 7.96. The molecule has 3 rings (SSSR count). The average molecular weight is 444 g/mol. The smallest absolute Gasteiger partial charge is 0.253 e. The van der Waals surface area contributed by atoms with Crippen molar-refractivity contribution in [2.75, 3.05) is 16.8 Å². The van der Waals surface area contributed by atoms with Crippen LogP contribution in [0.4, 0.5) is 11.4 Å². The quantitative estimate of drug-likeness (QED) is 0.740. The molecule has 0 saturated carbocycles. The van der Waals surface area contributed by atoms with Crippen molar-refractivity contribution in [1.82, 2.24) is 5.32 Å². The Bertz CT molecular complexity index is 896. The summed E-state index contributed by atoms with van der Waals surface area (Å²) >= 11 is 3.37. The molecule has 3 amide bonds. The van der Waals surface area contributed by atoms with Gasteiger partial charge in [-0.1, -0.05) is 28.1 Å². The van der Waals surface area contributed by atoms with Gasteiger partial charge in [0.2, 0.25) is 11.8 Å². The van der Waals surface area contributed by atoms with Crippen molar-refractivity contribution < 1.29 is 14.4 Å². The molecule has 7 heteroatoms. The van der Waals surface area contributed by atoms with Gasteiger partial charge in [-0.25, -0.2) is 0 Å². The summed E-state index contributed by atoms with van der Waals surface area (Å²) in [6.45, 7) is 4.06. The Morgan fingerprint density at radius 3 is 2.46 bits per heavy atom. The first-order valence-electron chi connectivity index (χ1n) is 9.12. The van der Waals surface area contributed by atoms with Gasteiger partial charge in [-0.05, 0) is 50.2 Å². The number of nitrogens with zero attached hydrogens (tertiary/aromatic N) is 1. The number of hydrogen-bond acceptors (Lipinski definition) is 3. The second-order valence-electron chi connectivity index (χ2n) is 7.04. The number of benzene rings is 2. The molecule has 0 aliphatic carbocycles. The molecule has 1 fully saturated rings. The van der Waals surface area contributed by atoms with E-state index in [1.807, 2.05) is 38.1 Å².